The molecule has 1 atom stereocenters. The first-order valence-corrected chi connectivity index (χ1v) is 7.84. The largest absolute Gasteiger partial charge is 0.323 e. The van der Waals surface area contributed by atoms with Gasteiger partial charge in [0.2, 0.25) is 0 Å². The lowest BCUT2D eigenvalue weighted by Crippen LogP contribution is -2.37. The van der Waals surface area contributed by atoms with Gasteiger partial charge >= 0.3 is 0 Å². The van der Waals surface area contributed by atoms with Crippen LogP contribution < -0.4 is 5.73 Å². The van der Waals surface area contributed by atoms with E-state index in [1.165, 1.54) is 16.7 Å². The topological polar surface area (TPSA) is 29.3 Å². The Bertz CT molecular complexity index is 380. The van der Waals surface area contributed by atoms with E-state index in [4.69, 9.17) is 5.73 Å². The van der Waals surface area contributed by atoms with Gasteiger partial charge in [0, 0.05) is 25.7 Å². The van der Waals surface area contributed by atoms with Crippen LogP contribution in [-0.4, -0.2) is 24.5 Å². The van der Waals surface area contributed by atoms with Crippen LogP contribution in [-0.2, 0) is 0 Å². The maximum Gasteiger partial charge on any atom is 0.0424 e. The van der Waals surface area contributed by atoms with Crippen molar-refractivity contribution in [1.29, 1.82) is 0 Å². The SMILES string of the molecule is Cc1cc(C)cc(C(N)CN(CC(C)C)CC(C)C)c1. The van der Waals surface area contributed by atoms with Crippen LogP contribution in [0.3, 0.4) is 0 Å². The van der Waals surface area contributed by atoms with Crippen LogP contribution in [0.4, 0.5) is 0 Å². The van der Waals surface area contributed by atoms with Gasteiger partial charge in [-0.25, -0.2) is 0 Å². The fraction of sp³-hybridized carbons (Fsp3) is 0.667. The third kappa shape index (κ3) is 6.06. The van der Waals surface area contributed by atoms with Gasteiger partial charge in [0.15, 0.2) is 0 Å². The molecule has 0 aromatic heterocycles. The van der Waals surface area contributed by atoms with Crippen LogP contribution >= 0.6 is 0 Å². The van der Waals surface area contributed by atoms with Gasteiger partial charge in [0.05, 0.1) is 0 Å². The van der Waals surface area contributed by atoms with Crippen LogP contribution in [0.5, 0.6) is 0 Å². The molecule has 0 saturated heterocycles. The molecule has 1 aromatic rings. The average molecular weight is 276 g/mol. The van der Waals surface area contributed by atoms with Crippen molar-refractivity contribution in [3.63, 3.8) is 0 Å². The first-order chi connectivity index (χ1) is 9.27. The third-order valence-electron chi connectivity index (χ3n) is 3.37. The fourth-order valence-electron chi connectivity index (χ4n) is 2.86. The maximum absolute atomic E-state index is 6.44. The van der Waals surface area contributed by atoms with E-state index in [-0.39, 0.29) is 6.04 Å². The van der Waals surface area contributed by atoms with Gasteiger partial charge in [0.1, 0.15) is 0 Å². The summed E-state index contributed by atoms with van der Waals surface area (Å²) >= 11 is 0. The summed E-state index contributed by atoms with van der Waals surface area (Å²) in [6.45, 7) is 16.6. The summed E-state index contributed by atoms with van der Waals surface area (Å²) in [5.74, 6) is 1.36. The number of nitrogens with zero attached hydrogens (tertiary/aromatic N) is 1. The zero-order chi connectivity index (χ0) is 15.3. The van der Waals surface area contributed by atoms with Crippen LogP contribution in [0.25, 0.3) is 0 Å². The number of rotatable bonds is 7. The van der Waals surface area contributed by atoms with E-state index < -0.39 is 0 Å². The molecule has 2 nitrogen and oxygen atoms in total. The lowest BCUT2D eigenvalue weighted by molar-refractivity contribution is 0.207. The van der Waals surface area contributed by atoms with E-state index in [0.717, 1.165) is 19.6 Å². The minimum atomic E-state index is 0.103. The Kier molecular flexibility index (Phi) is 6.70. The van der Waals surface area contributed by atoms with Crippen LogP contribution in [0.1, 0.15) is 50.4 Å². The molecule has 0 aliphatic rings. The van der Waals surface area contributed by atoms with Crippen LogP contribution in [0.15, 0.2) is 18.2 Å². The summed E-state index contributed by atoms with van der Waals surface area (Å²) < 4.78 is 0. The highest BCUT2D eigenvalue weighted by molar-refractivity contribution is 5.30. The predicted molar refractivity (Wildman–Crippen MR) is 89.0 cm³/mol. The summed E-state index contributed by atoms with van der Waals surface area (Å²) in [7, 11) is 0. The van der Waals surface area contributed by atoms with Crippen molar-refractivity contribution in [2.75, 3.05) is 19.6 Å². The van der Waals surface area contributed by atoms with Gasteiger partial charge in [-0.05, 0) is 31.2 Å². The lowest BCUT2D eigenvalue weighted by Gasteiger charge is -2.29. The van der Waals surface area contributed by atoms with E-state index in [1.54, 1.807) is 0 Å². The molecule has 0 spiro atoms. The second-order valence-corrected chi connectivity index (χ2v) is 7.03. The Labute approximate surface area is 125 Å². The van der Waals surface area contributed by atoms with Gasteiger partial charge in [0.25, 0.3) is 0 Å². The van der Waals surface area contributed by atoms with Gasteiger partial charge in [-0.3, -0.25) is 0 Å². The van der Waals surface area contributed by atoms with Crippen molar-refractivity contribution >= 4 is 0 Å². The molecule has 1 aromatic carbocycles. The molecule has 0 amide bonds. The predicted octanol–water partition coefficient (Wildman–Crippen LogP) is 3.92. The molecule has 0 aliphatic carbocycles. The van der Waals surface area contributed by atoms with E-state index in [2.05, 4.69) is 64.6 Å². The minimum Gasteiger partial charge on any atom is -0.323 e. The molecule has 2 heteroatoms. The van der Waals surface area contributed by atoms with Crippen LogP contribution in [0, 0.1) is 25.7 Å². The number of hydrogen-bond acceptors (Lipinski definition) is 2. The van der Waals surface area contributed by atoms with Crippen molar-refractivity contribution in [2.45, 2.75) is 47.6 Å². The maximum atomic E-state index is 6.44. The number of benzene rings is 1. The second kappa shape index (κ2) is 7.80. The molecular weight excluding hydrogens is 244 g/mol. The Morgan fingerprint density at radius 3 is 1.70 bits per heavy atom. The Balaban J connectivity index is 2.75. The summed E-state index contributed by atoms with van der Waals surface area (Å²) in [5, 5.41) is 0. The second-order valence-electron chi connectivity index (χ2n) is 7.03. The zero-order valence-corrected chi connectivity index (χ0v) is 14.1. The molecule has 114 valence electrons. The third-order valence-corrected chi connectivity index (χ3v) is 3.37. The Hall–Kier alpha value is -0.860. The normalized spacial score (nSPS) is 13.5. The number of hydrogen-bond donors (Lipinski definition) is 1. The minimum absolute atomic E-state index is 0.103. The van der Waals surface area contributed by atoms with E-state index in [1.807, 2.05) is 0 Å². The first kappa shape index (κ1) is 17.2. The highest BCUT2D eigenvalue weighted by Gasteiger charge is 2.15. The fourth-order valence-corrected chi connectivity index (χ4v) is 2.86. The molecule has 1 unspecified atom stereocenters. The molecule has 0 bridgehead atoms. The highest BCUT2D eigenvalue weighted by atomic mass is 15.1. The molecular formula is C18H32N2. The zero-order valence-electron chi connectivity index (χ0n) is 14.1. The van der Waals surface area contributed by atoms with E-state index >= 15 is 0 Å². The average Bonchev–Trinajstić information content (AvgIpc) is 2.25. The molecule has 0 fully saturated rings. The smallest absolute Gasteiger partial charge is 0.0424 e. The van der Waals surface area contributed by atoms with Crippen LogP contribution in [0.2, 0.25) is 0 Å². The van der Waals surface area contributed by atoms with E-state index in [9.17, 15) is 0 Å². The summed E-state index contributed by atoms with van der Waals surface area (Å²) in [5.41, 5.74) is 10.3. The van der Waals surface area contributed by atoms with Gasteiger partial charge in [-0.2, -0.15) is 0 Å². The summed E-state index contributed by atoms with van der Waals surface area (Å²) in [6, 6.07) is 6.75. The van der Waals surface area contributed by atoms with Gasteiger partial charge in [-0.15, -0.1) is 0 Å². The Morgan fingerprint density at radius 1 is 0.850 bits per heavy atom. The number of nitrogens with two attached hydrogens (primary N) is 1. The van der Waals surface area contributed by atoms with Crippen molar-refractivity contribution in [1.82, 2.24) is 4.90 Å². The van der Waals surface area contributed by atoms with Crippen molar-refractivity contribution < 1.29 is 0 Å². The molecule has 0 heterocycles. The van der Waals surface area contributed by atoms with Crippen molar-refractivity contribution in [2.24, 2.45) is 17.6 Å². The van der Waals surface area contributed by atoms with E-state index in [0.29, 0.717) is 11.8 Å². The highest BCUT2D eigenvalue weighted by Crippen LogP contribution is 2.17. The lowest BCUT2D eigenvalue weighted by atomic mass is 10.0. The summed E-state index contributed by atoms with van der Waals surface area (Å²) in [4.78, 5) is 2.51. The van der Waals surface area contributed by atoms with Crippen molar-refractivity contribution in [3.8, 4) is 0 Å². The standard InChI is InChI=1S/C18H32N2/c1-13(2)10-20(11-14(3)4)12-18(19)17-8-15(5)7-16(6)9-17/h7-9,13-14,18H,10-12,19H2,1-6H3. The number of aryl methyl sites for hydroxylation is 2. The van der Waals surface area contributed by atoms with Crippen molar-refractivity contribution in [3.05, 3.63) is 34.9 Å². The van der Waals surface area contributed by atoms with Gasteiger partial charge in [-0.1, -0.05) is 57.0 Å². The first-order valence-electron chi connectivity index (χ1n) is 7.84. The van der Waals surface area contributed by atoms with Gasteiger partial charge < -0.3 is 10.6 Å². The Morgan fingerprint density at radius 2 is 1.30 bits per heavy atom. The molecule has 20 heavy (non-hydrogen) atoms. The molecule has 0 radical (unpaired) electrons. The summed E-state index contributed by atoms with van der Waals surface area (Å²) in [6.07, 6.45) is 0. The monoisotopic (exact) mass is 276 g/mol. The molecule has 0 aliphatic heterocycles. The molecule has 0 saturated carbocycles. The quantitative estimate of drug-likeness (QED) is 0.818. The molecule has 1 rings (SSSR count). The molecule has 2 N–H and O–H groups in total.